The molecule has 1 aromatic heterocycles. The molecule has 27 heavy (non-hydrogen) atoms. The van der Waals surface area contributed by atoms with E-state index in [1.165, 1.54) is 23.4 Å². The van der Waals surface area contributed by atoms with Crippen LogP contribution >= 0.6 is 0 Å². The fraction of sp³-hybridized carbons (Fsp3) is 0.455. The van der Waals surface area contributed by atoms with E-state index in [0.717, 1.165) is 48.4 Å². The summed E-state index contributed by atoms with van der Waals surface area (Å²) in [6, 6.07) is 3.65. The summed E-state index contributed by atoms with van der Waals surface area (Å²) in [5.41, 5.74) is 4.71. The maximum Gasteiger partial charge on any atom is 0.341 e. The molecule has 2 aromatic rings. The molecular weight excluding hydrogens is 342 g/mol. The number of aromatic carboxylic acids is 1. The lowest BCUT2D eigenvalue weighted by Crippen LogP contribution is -2.33. The van der Waals surface area contributed by atoms with Gasteiger partial charge in [-0.05, 0) is 54.4 Å². The van der Waals surface area contributed by atoms with E-state index in [1.807, 2.05) is 11.5 Å². The van der Waals surface area contributed by atoms with Crippen molar-refractivity contribution in [3.05, 3.63) is 50.8 Å². The maximum absolute atomic E-state index is 12.5. The highest BCUT2D eigenvalue weighted by atomic mass is 16.5. The number of carbonyl (C=O) groups is 1. The van der Waals surface area contributed by atoms with E-state index in [9.17, 15) is 14.7 Å². The van der Waals surface area contributed by atoms with Crippen LogP contribution in [0.25, 0.3) is 11.3 Å². The quantitative estimate of drug-likeness (QED) is 0.827. The molecule has 0 aliphatic carbocycles. The molecule has 2 aliphatic heterocycles. The Morgan fingerprint density at radius 3 is 2.67 bits per heavy atom. The summed E-state index contributed by atoms with van der Waals surface area (Å²) in [6.45, 7) is 9.24. The third kappa shape index (κ3) is 2.76. The lowest BCUT2D eigenvalue weighted by molar-refractivity contribution is 0.0693. The second-order valence-corrected chi connectivity index (χ2v) is 8.71. The Morgan fingerprint density at radius 1 is 1.26 bits per heavy atom. The fourth-order valence-corrected chi connectivity index (χ4v) is 4.46. The SMILES string of the molecule is Cc1cc2c(c3c1OCCC3)C[C@@H](C(C)(C)C)n1cc(C(=O)O)c(=O)cc1-2. The molecule has 0 saturated heterocycles. The van der Waals surface area contributed by atoms with Crippen LogP contribution in [-0.2, 0) is 12.8 Å². The number of carboxylic acids is 1. The van der Waals surface area contributed by atoms with Gasteiger partial charge in [0.1, 0.15) is 11.3 Å². The topological polar surface area (TPSA) is 68.5 Å². The van der Waals surface area contributed by atoms with Gasteiger partial charge in [0.25, 0.3) is 0 Å². The number of fused-ring (bicyclic) bond motifs is 5. The molecule has 0 spiro atoms. The van der Waals surface area contributed by atoms with Gasteiger partial charge >= 0.3 is 5.97 Å². The number of pyridine rings is 1. The van der Waals surface area contributed by atoms with Gasteiger partial charge in [-0.3, -0.25) is 4.79 Å². The Balaban J connectivity index is 2.05. The van der Waals surface area contributed by atoms with Crippen molar-refractivity contribution in [3.8, 4) is 17.0 Å². The van der Waals surface area contributed by atoms with Crippen LogP contribution in [0.15, 0.2) is 23.1 Å². The van der Waals surface area contributed by atoms with Crippen molar-refractivity contribution in [2.24, 2.45) is 5.41 Å². The van der Waals surface area contributed by atoms with Gasteiger partial charge in [-0.2, -0.15) is 0 Å². The number of hydrogen-bond acceptors (Lipinski definition) is 3. The Morgan fingerprint density at radius 2 is 2.00 bits per heavy atom. The van der Waals surface area contributed by atoms with E-state index in [4.69, 9.17) is 4.74 Å². The molecule has 0 saturated carbocycles. The van der Waals surface area contributed by atoms with Crippen molar-refractivity contribution >= 4 is 5.97 Å². The van der Waals surface area contributed by atoms with Gasteiger partial charge in [0.15, 0.2) is 5.43 Å². The first-order chi connectivity index (χ1) is 12.7. The number of hydrogen-bond donors (Lipinski definition) is 1. The van der Waals surface area contributed by atoms with Crippen molar-refractivity contribution in [2.45, 2.75) is 53.0 Å². The summed E-state index contributed by atoms with van der Waals surface area (Å²) in [4.78, 5) is 24.0. The van der Waals surface area contributed by atoms with Gasteiger partial charge in [0, 0.05) is 23.9 Å². The maximum atomic E-state index is 12.5. The van der Waals surface area contributed by atoms with Gasteiger partial charge in [-0.25, -0.2) is 4.79 Å². The van der Waals surface area contributed by atoms with Crippen molar-refractivity contribution in [1.29, 1.82) is 0 Å². The number of nitrogens with zero attached hydrogens (tertiary/aromatic N) is 1. The third-order valence-corrected chi connectivity index (χ3v) is 5.82. The summed E-state index contributed by atoms with van der Waals surface area (Å²) in [6.07, 6.45) is 4.31. The second-order valence-electron chi connectivity index (χ2n) is 8.71. The number of ether oxygens (including phenoxy) is 1. The average Bonchev–Trinajstić information content (AvgIpc) is 2.60. The third-order valence-electron chi connectivity index (χ3n) is 5.82. The molecule has 1 aromatic carbocycles. The zero-order chi connectivity index (χ0) is 19.5. The van der Waals surface area contributed by atoms with Crippen molar-refractivity contribution < 1.29 is 14.6 Å². The normalized spacial score (nSPS) is 18.1. The molecule has 5 heteroatoms. The molecule has 3 heterocycles. The van der Waals surface area contributed by atoms with Gasteiger partial charge < -0.3 is 14.4 Å². The second kappa shape index (κ2) is 5.98. The molecule has 5 nitrogen and oxygen atoms in total. The number of aryl methyl sites for hydroxylation is 1. The molecule has 1 N–H and O–H groups in total. The van der Waals surface area contributed by atoms with Crippen LogP contribution in [0.5, 0.6) is 5.75 Å². The summed E-state index contributed by atoms with van der Waals surface area (Å²) < 4.78 is 7.96. The molecule has 142 valence electrons. The highest BCUT2D eigenvalue weighted by Crippen LogP contribution is 2.47. The van der Waals surface area contributed by atoms with Crippen molar-refractivity contribution in [3.63, 3.8) is 0 Å². The zero-order valence-electron chi connectivity index (χ0n) is 16.3. The number of carboxylic acid groups (broad SMARTS) is 1. The highest BCUT2D eigenvalue weighted by molar-refractivity contribution is 5.88. The first-order valence-electron chi connectivity index (χ1n) is 9.46. The molecule has 4 rings (SSSR count). The van der Waals surface area contributed by atoms with Crippen LogP contribution in [0.4, 0.5) is 0 Å². The molecule has 0 unspecified atom stereocenters. The Kier molecular flexibility index (Phi) is 3.95. The lowest BCUT2D eigenvalue weighted by atomic mass is 9.76. The van der Waals surface area contributed by atoms with Crippen LogP contribution in [0.1, 0.15) is 60.3 Å². The minimum atomic E-state index is -1.18. The minimum absolute atomic E-state index is 0.0624. The van der Waals surface area contributed by atoms with Gasteiger partial charge in [0.2, 0.25) is 0 Å². The molecule has 1 atom stereocenters. The minimum Gasteiger partial charge on any atom is -0.493 e. The highest BCUT2D eigenvalue weighted by Gasteiger charge is 2.35. The van der Waals surface area contributed by atoms with Crippen LogP contribution in [0.2, 0.25) is 0 Å². The molecule has 0 radical (unpaired) electrons. The van der Waals surface area contributed by atoms with Crippen LogP contribution in [0.3, 0.4) is 0 Å². The smallest absolute Gasteiger partial charge is 0.341 e. The van der Waals surface area contributed by atoms with Crippen molar-refractivity contribution in [2.75, 3.05) is 6.61 Å². The molecular formula is C22H25NO4. The standard InChI is InChI=1S/C22H25NO4/c1-12-8-15-14(13-6-5-7-27-20(12)13)9-19(22(2,3)4)23-11-16(21(25)26)18(24)10-17(15)23/h8,10-11,19H,5-7,9H2,1-4H3,(H,25,26)/t19-/m0/s1. The summed E-state index contributed by atoms with van der Waals surface area (Å²) >= 11 is 0. The van der Waals surface area contributed by atoms with E-state index in [2.05, 4.69) is 26.8 Å². The van der Waals surface area contributed by atoms with Crippen LogP contribution < -0.4 is 10.2 Å². The average molecular weight is 367 g/mol. The predicted octanol–water partition coefficient (Wildman–Crippen LogP) is 3.99. The molecule has 2 aliphatic rings. The van der Waals surface area contributed by atoms with Gasteiger partial charge in [0.05, 0.1) is 12.3 Å². The predicted molar refractivity (Wildman–Crippen MR) is 104 cm³/mol. The summed E-state index contributed by atoms with van der Waals surface area (Å²) in [5, 5.41) is 9.42. The van der Waals surface area contributed by atoms with E-state index in [1.54, 1.807) is 0 Å². The van der Waals surface area contributed by atoms with Crippen LogP contribution in [-0.4, -0.2) is 22.2 Å². The molecule has 0 fully saturated rings. The van der Waals surface area contributed by atoms with Gasteiger partial charge in [-0.1, -0.05) is 20.8 Å². The first-order valence-corrected chi connectivity index (χ1v) is 9.46. The molecule has 0 amide bonds. The fourth-order valence-electron chi connectivity index (χ4n) is 4.46. The summed E-state index contributed by atoms with van der Waals surface area (Å²) in [7, 11) is 0. The monoisotopic (exact) mass is 367 g/mol. The number of rotatable bonds is 1. The van der Waals surface area contributed by atoms with E-state index < -0.39 is 11.4 Å². The first kappa shape index (κ1) is 17.8. The van der Waals surface area contributed by atoms with Gasteiger partial charge in [-0.15, -0.1) is 0 Å². The number of benzene rings is 1. The van der Waals surface area contributed by atoms with E-state index in [-0.39, 0.29) is 17.0 Å². The Labute approximate surface area is 158 Å². The zero-order valence-corrected chi connectivity index (χ0v) is 16.3. The van der Waals surface area contributed by atoms with Crippen LogP contribution in [0, 0.1) is 12.3 Å². The summed E-state index contributed by atoms with van der Waals surface area (Å²) in [5.74, 6) is -0.186. The largest absolute Gasteiger partial charge is 0.493 e. The Hall–Kier alpha value is -2.56. The number of aromatic nitrogens is 1. The molecule has 0 bridgehead atoms. The van der Waals surface area contributed by atoms with Crippen molar-refractivity contribution in [1.82, 2.24) is 4.57 Å². The lowest BCUT2D eigenvalue weighted by Gasteiger charge is -2.40. The van der Waals surface area contributed by atoms with E-state index >= 15 is 0 Å². The van der Waals surface area contributed by atoms with E-state index in [0.29, 0.717) is 0 Å². The Bertz CT molecular complexity index is 1010.